The number of benzene rings is 13. The molecule has 0 aliphatic carbocycles. The Hall–Kier alpha value is -13.1. The summed E-state index contributed by atoms with van der Waals surface area (Å²) in [5.41, 5.74) is 33.3. The smallest absolute Gasteiger partial charge is 0.262 e. The lowest BCUT2D eigenvalue weighted by Gasteiger charge is -2.27. The molecule has 3 aromatic heterocycles. The zero-order valence-electron chi connectivity index (χ0n) is 91.3. The highest BCUT2D eigenvalue weighted by Crippen LogP contribution is 2.43. The second-order valence-electron chi connectivity index (χ2n) is 46.3. The lowest BCUT2D eigenvalue weighted by molar-refractivity contribution is -0.125. The number of phenols is 1. The fourth-order valence-electron chi connectivity index (χ4n) is 16.9. The third kappa shape index (κ3) is 32.9. The van der Waals surface area contributed by atoms with Gasteiger partial charge in [-0.05, 0) is 222 Å². The number of halogens is 4. The van der Waals surface area contributed by atoms with Crippen LogP contribution in [0.5, 0.6) is 5.75 Å². The molecular formula is C132H152Cl2F2N4O6. The quantitative estimate of drug-likeness (QED) is 0.0631. The maximum absolute atomic E-state index is 14.3. The molecule has 0 amide bonds. The topological polar surface area (TPSA) is 154 Å². The van der Waals surface area contributed by atoms with Crippen LogP contribution >= 0.6 is 23.2 Å². The van der Waals surface area contributed by atoms with Gasteiger partial charge < -0.3 is 19.8 Å². The number of carbonyl (C=O) groups is 3. The minimum Gasteiger partial charge on any atom is -0.507 e. The Morgan fingerprint density at radius 2 is 1.01 bits per heavy atom. The largest absolute Gasteiger partial charge is 0.507 e. The van der Waals surface area contributed by atoms with Crippen LogP contribution in [0.1, 0.15) is 275 Å². The van der Waals surface area contributed by atoms with Crippen molar-refractivity contribution in [2.45, 2.75) is 250 Å². The first-order valence-electron chi connectivity index (χ1n) is 50.7. The van der Waals surface area contributed by atoms with Crippen molar-refractivity contribution >= 4 is 57.3 Å². The number of carbonyl (C=O) groups excluding carboxylic acids is 3. The fourth-order valence-corrected chi connectivity index (χ4v) is 17.3. The van der Waals surface area contributed by atoms with Gasteiger partial charge >= 0.3 is 0 Å². The van der Waals surface area contributed by atoms with Crippen LogP contribution in [0.4, 0.5) is 14.5 Å². The van der Waals surface area contributed by atoms with E-state index in [2.05, 4.69) is 265 Å². The molecule has 14 heteroatoms. The molecule has 0 radical (unpaired) electrons. The van der Waals surface area contributed by atoms with E-state index in [9.17, 15) is 28.3 Å². The van der Waals surface area contributed by atoms with Gasteiger partial charge in [0.1, 0.15) is 40.3 Å². The number of nitrogens with two attached hydrogens (primary N) is 1. The standard InChI is InChI=1S/C22H24ClNO.2C21H23NO.C20H22ClFO.C19H24.C18H21F.C11H15NO2/c1-14-6-11-20-18(12-14)19(13-22(3,4)5)15(2)24(20)21(25)16-7-9-17(23)10-8-16;1-15-10-12-16(13-11-15)19-18(14-21(2,3)4)23-22-20(19)17-8-6-5-7-9-17;1-21(2,3)15-14-18-22-19(16-10-6-4-7-11-16)20(23-18)17-12-8-5-9-13-17;1-13-8-9-14(11-16-17(21)6-5-7-18(16)22)15(10-13)12-19(23)20(2,3)4;1-14-9-8-11-16(15(14)2)13-17-10-6-7-12-18(17)19(3,4)5;1-13(18(2,3)4)15-10-11-16(17(19)12-15)14-8-6-5-7-9-14;1-11(2,3)10(14)8-5-4-7(12)6-9(8)13/h6-12H,13H2,1-5H3;5-13H,14H2,1-4H3;4-13H,14-15H2,1-3H3;5-10H,11-12H2,1-4H3;6-12H,13H2,1-5H3;5-13H,1-4H3;4-6,13H,12H2,1-3H3. The summed E-state index contributed by atoms with van der Waals surface area (Å²) in [4.78, 5) is 42.2. The molecule has 764 valence electrons. The SMILES string of the molecule is CC(C)(C)C(=O)c1ccc(N)cc1O.CC(C)(C)CCc1nc(-c2ccccc2)c(-c2ccccc2)o1.CC(c1ccc(-c2ccccc2)c(F)c1)C(C)(C)C.Cc1ccc(-c2c(-c3ccccc3)noc2CC(C)(C)C)cc1.Cc1ccc(Cc2c(F)cccc2Cl)c(CC(=O)C(C)(C)C)c1.Cc1ccc2c(c1)c(CC(C)(C)C)c(C)n2C(=O)c1ccc(Cl)cc1.Cc1cccc(Cc2ccccc2C(C)(C)C)c1C. The Labute approximate surface area is 879 Å². The summed E-state index contributed by atoms with van der Waals surface area (Å²) in [6.07, 6.45) is 5.47. The number of hydrogen-bond acceptors (Lipinski definition) is 9. The summed E-state index contributed by atoms with van der Waals surface area (Å²) < 4.78 is 42.1. The molecule has 0 aliphatic heterocycles. The number of anilines is 1. The van der Waals surface area contributed by atoms with Gasteiger partial charge in [0.2, 0.25) is 0 Å². The van der Waals surface area contributed by atoms with Crippen LogP contribution < -0.4 is 5.73 Å². The Bertz CT molecular complexity index is 6970. The predicted octanol–water partition coefficient (Wildman–Crippen LogP) is 36.7. The number of rotatable bonds is 18. The molecule has 0 bridgehead atoms. The fraction of sp³-hybridized carbons (Fsp3) is 0.326. The molecular weight excluding hydrogens is 1850 g/mol. The van der Waals surface area contributed by atoms with Gasteiger partial charge in [0, 0.05) is 103 Å². The van der Waals surface area contributed by atoms with Gasteiger partial charge in [-0.1, -0.05) is 428 Å². The number of aromatic nitrogens is 3. The minimum absolute atomic E-state index is 0.0109. The second kappa shape index (κ2) is 49.8. The number of fused-ring (bicyclic) bond motifs is 1. The first-order chi connectivity index (χ1) is 68.4. The number of aryl methyl sites for hydroxylation is 5. The highest BCUT2D eigenvalue weighted by molar-refractivity contribution is 6.31. The van der Waals surface area contributed by atoms with Crippen molar-refractivity contribution < 1.29 is 37.2 Å². The maximum Gasteiger partial charge on any atom is 0.262 e. The van der Waals surface area contributed by atoms with E-state index in [1.165, 1.54) is 62.0 Å². The summed E-state index contributed by atoms with van der Waals surface area (Å²) in [6.45, 7) is 59.4. The Balaban J connectivity index is 0.000000176. The molecule has 0 fully saturated rings. The molecule has 0 aliphatic rings. The highest BCUT2D eigenvalue weighted by atomic mass is 35.5. The first-order valence-corrected chi connectivity index (χ1v) is 51.5. The summed E-state index contributed by atoms with van der Waals surface area (Å²) >= 11 is 12.1. The van der Waals surface area contributed by atoms with Crippen LogP contribution in [0.25, 0.3) is 67.0 Å². The Morgan fingerprint density at radius 1 is 0.466 bits per heavy atom. The molecule has 3 heterocycles. The third-order valence-corrected chi connectivity index (χ3v) is 26.5. The van der Waals surface area contributed by atoms with Gasteiger partial charge in [0.25, 0.3) is 5.91 Å². The van der Waals surface area contributed by atoms with E-state index >= 15 is 0 Å². The van der Waals surface area contributed by atoms with Crippen molar-refractivity contribution in [2.75, 3.05) is 5.73 Å². The average Bonchev–Trinajstić information content (AvgIpc) is 1.60. The molecule has 1 unspecified atom stereocenters. The van der Waals surface area contributed by atoms with E-state index in [1.54, 1.807) is 54.6 Å². The van der Waals surface area contributed by atoms with Crippen LogP contribution in [-0.2, 0) is 48.7 Å². The molecule has 16 rings (SSSR count). The van der Waals surface area contributed by atoms with Crippen LogP contribution in [0.3, 0.4) is 0 Å². The molecule has 0 saturated heterocycles. The van der Waals surface area contributed by atoms with Crippen molar-refractivity contribution in [1.82, 2.24) is 14.7 Å². The molecule has 146 heavy (non-hydrogen) atoms. The minimum atomic E-state index is -0.492. The number of oxazole rings is 1. The van der Waals surface area contributed by atoms with Gasteiger partial charge in [-0.15, -0.1) is 0 Å². The van der Waals surface area contributed by atoms with E-state index in [4.69, 9.17) is 42.9 Å². The van der Waals surface area contributed by atoms with Gasteiger partial charge in [-0.2, -0.15) is 0 Å². The molecule has 0 saturated carbocycles. The molecule has 0 spiro atoms. The number of phenolic OH excluding ortho intramolecular Hbond substituents is 1. The van der Waals surface area contributed by atoms with Crippen molar-refractivity contribution in [3.63, 3.8) is 0 Å². The van der Waals surface area contributed by atoms with Crippen LogP contribution in [0.2, 0.25) is 10.0 Å². The van der Waals surface area contributed by atoms with E-state index < -0.39 is 10.8 Å². The number of aromatic hydroxyl groups is 1. The first kappa shape index (κ1) is 115. The maximum atomic E-state index is 14.3. The van der Waals surface area contributed by atoms with Gasteiger partial charge in [-0.3, -0.25) is 19.0 Å². The van der Waals surface area contributed by atoms with E-state index in [0.717, 1.165) is 128 Å². The van der Waals surface area contributed by atoms with Crippen molar-refractivity contribution in [3.05, 3.63) is 426 Å². The summed E-state index contributed by atoms with van der Waals surface area (Å²) in [5.74, 6) is 2.53. The Kier molecular flexibility index (Phi) is 39.2. The zero-order valence-corrected chi connectivity index (χ0v) is 92.8. The number of nitrogens with zero attached hydrogens (tertiary/aromatic N) is 3. The van der Waals surface area contributed by atoms with Crippen molar-refractivity contribution in [1.29, 1.82) is 0 Å². The summed E-state index contributed by atoms with van der Waals surface area (Å²) in [6, 6.07) is 98.6. The molecule has 3 N–H and O–H groups in total. The van der Waals surface area contributed by atoms with Crippen molar-refractivity contribution in [2.24, 2.45) is 32.5 Å². The van der Waals surface area contributed by atoms with Gasteiger partial charge in [0.15, 0.2) is 17.4 Å². The number of Topliss-reactive ketones (excluding diaryl/α,β-unsaturated/α-hetero) is 2. The average molecular weight is 2000 g/mol. The lowest BCUT2D eigenvalue weighted by atomic mass is 9.77. The number of hydrogen-bond donors (Lipinski definition) is 2. The van der Waals surface area contributed by atoms with E-state index in [1.807, 2.05) is 175 Å². The van der Waals surface area contributed by atoms with Crippen LogP contribution in [-0.4, -0.2) is 37.3 Å². The molecule has 1 atom stereocenters. The monoisotopic (exact) mass is 2000 g/mol. The normalized spacial score (nSPS) is 11.9. The van der Waals surface area contributed by atoms with Crippen LogP contribution in [0.15, 0.2) is 312 Å². The molecule has 10 nitrogen and oxygen atoms in total. The van der Waals surface area contributed by atoms with Crippen molar-refractivity contribution in [3.8, 4) is 61.8 Å². The summed E-state index contributed by atoms with van der Waals surface area (Å²) in [5, 5.41) is 16.1. The Morgan fingerprint density at radius 3 is 1.55 bits per heavy atom. The second-order valence-corrected chi connectivity index (χ2v) is 47.2. The van der Waals surface area contributed by atoms with E-state index in [0.29, 0.717) is 56.7 Å². The van der Waals surface area contributed by atoms with Gasteiger partial charge in [-0.25, -0.2) is 13.8 Å². The molecule has 13 aromatic carbocycles. The van der Waals surface area contributed by atoms with Gasteiger partial charge in [0.05, 0.1) is 16.6 Å². The summed E-state index contributed by atoms with van der Waals surface area (Å²) in [7, 11) is 0. The van der Waals surface area contributed by atoms with Crippen LogP contribution in [0, 0.1) is 85.7 Å². The lowest BCUT2D eigenvalue weighted by Crippen LogP contribution is -2.22. The highest BCUT2D eigenvalue weighted by Gasteiger charge is 2.31. The van der Waals surface area contributed by atoms with E-state index in [-0.39, 0.29) is 61.9 Å². The third-order valence-electron chi connectivity index (χ3n) is 25.9. The number of nitrogen functional groups attached to an aromatic ring is 1. The zero-order chi connectivity index (χ0) is 107. The predicted molar refractivity (Wildman–Crippen MR) is 610 cm³/mol. The number of ketones is 2. The molecule has 16 aromatic rings.